The summed E-state index contributed by atoms with van der Waals surface area (Å²) in [5.41, 5.74) is 3.88. The summed E-state index contributed by atoms with van der Waals surface area (Å²) in [7, 11) is 2.04. The van der Waals surface area contributed by atoms with E-state index < -0.39 is 0 Å². The third-order valence-corrected chi connectivity index (χ3v) is 3.89. The zero-order chi connectivity index (χ0) is 16.9. The number of rotatable bonds is 5. The van der Waals surface area contributed by atoms with Gasteiger partial charge in [-0.25, -0.2) is 0 Å². The van der Waals surface area contributed by atoms with Crippen LogP contribution in [0.3, 0.4) is 0 Å². The highest BCUT2D eigenvalue weighted by molar-refractivity contribution is 6.32. The van der Waals surface area contributed by atoms with Crippen molar-refractivity contribution in [3.63, 3.8) is 0 Å². The van der Waals surface area contributed by atoms with Gasteiger partial charge in [0.25, 0.3) is 0 Å². The van der Waals surface area contributed by atoms with Gasteiger partial charge >= 0.3 is 0 Å². The van der Waals surface area contributed by atoms with Gasteiger partial charge in [0.2, 0.25) is 0 Å². The van der Waals surface area contributed by atoms with Crippen LogP contribution in [0, 0.1) is 0 Å². The lowest BCUT2D eigenvalue weighted by atomic mass is 9.95. The normalized spacial score (nSPS) is 10.3. The second kappa shape index (κ2) is 7.05. The second-order valence-electron chi connectivity index (χ2n) is 5.63. The molecule has 118 valence electrons. The molecule has 0 atom stereocenters. The average molecular weight is 316 g/mol. The molecule has 4 heteroatoms. The summed E-state index contributed by atoms with van der Waals surface area (Å²) in [6, 6.07) is 20.7. The predicted molar refractivity (Wildman–Crippen MR) is 97.9 cm³/mol. The van der Waals surface area contributed by atoms with E-state index in [1.54, 1.807) is 18.2 Å². The number of carbonyl (C=O) groups is 1. The van der Waals surface area contributed by atoms with E-state index in [0.29, 0.717) is 24.2 Å². The molecule has 0 fully saturated rings. The molecule has 0 aromatic heterocycles. The largest absolute Gasteiger partial charge is 0.507 e. The molecule has 1 N–H and O–H groups in total. The molecular formula is C20H17BO3. The molecule has 0 radical (unpaired) electrons. The molecule has 0 saturated heterocycles. The van der Waals surface area contributed by atoms with Gasteiger partial charge in [0, 0.05) is 11.1 Å². The molecule has 0 aliphatic heterocycles. The highest BCUT2D eigenvalue weighted by atomic mass is 16.5. The van der Waals surface area contributed by atoms with E-state index in [1.165, 1.54) is 5.46 Å². The molecular weight excluding hydrogens is 299 g/mol. The van der Waals surface area contributed by atoms with Gasteiger partial charge in [0.05, 0.1) is 5.56 Å². The van der Waals surface area contributed by atoms with Crippen LogP contribution in [0.5, 0.6) is 11.5 Å². The van der Waals surface area contributed by atoms with Crippen molar-refractivity contribution in [3.8, 4) is 22.6 Å². The van der Waals surface area contributed by atoms with Crippen LogP contribution in [0.25, 0.3) is 11.1 Å². The Hall–Kier alpha value is -3.01. The molecule has 3 rings (SSSR count). The van der Waals surface area contributed by atoms with Gasteiger partial charge in [-0.15, -0.1) is 0 Å². The summed E-state index contributed by atoms with van der Waals surface area (Å²) in [6.45, 7) is 0.436. The number of hydrogen-bond donors (Lipinski definition) is 1. The maximum Gasteiger partial charge on any atom is 0.153 e. The number of phenols is 1. The van der Waals surface area contributed by atoms with Crippen molar-refractivity contribution in [1.29, 1.82) is 0 Å². The molecule has 0 aliphatic rings. The topological polar surface area (TPSA) is 46.5 Å². The lowest BCUT2D eigenvalue weighted by Crippen LogP contribution is -2.03. The summed E-state index contributed by atoms with van der Waals surface area (Å²) >= 11 is 0. The first-order valence-electron chi connectivity index (χ1n) is 7.74. The van der Waals surface area contributed by atoms with Gasteiger partial charge in [-0.05, 0) is 17.7 Å². The van der Waals surface area contributed by atoms with E-state index in [2.05, 4.69) is 0 Å². The average Bonchev–Trinajstić information content (AvgIpc) is 2.62. The Bertz CT molecular complexity index is 857. The van der Waals surface area contributed by atoms with Gasteiger partial charge in [-0.3, -0.25) is 4.79 Å². The van der Waals surface area contributed by atoms with Gasteiger partial charge in [0.15, 0.2) is 6.29 Å². The third-order valence-electron chi connectivity index (χ3n) is 3.89. The Labute approximate surface area is 141 Å². The Morgan fingerprint density at radius 2 is 1.62 bits per heavy atom. The van der Waals surface area contributed by atoms with E-state index in [9.17, 15) is 9.90 Å². The quantitative estimate of drug-likeness (QED) is 0.581. The highest BCUT2D eigenvalue weighted by Crippen LogP contribution is 2.37. The van der Waals surface area contributed by atoms with Crippen molar-refractivity contribution >= 4 is 19.6 Å². The molecule has 0 amide bonds. The summed E-state index contributed by atoms with van der Waals surface area (Å²) < 4.78 is 5.95. The minimum atomic E-state index is -0.0288. The highest BCUT2D eigenvalue weighted by Gasteiger charge is 2.12. The Balaban J connectivity index is 1.91. The smallest absolute Gasteiger partial charge is 0.153 e. The number of carbonyl (C=O) groups excluding carboxylic acids is 1. The number of ether oxygens (including phenoxy) is 1. The number of hydrogen-bond acceptors (Lipinski definition) is 3. The standard InChI is InChI=1S/C20H17BO3/c21-16-10-8-14(9-11-16)13-24-19-7-2-1-5-17(19)18-6-3-4-15(12-22)20(18)23/h1-12,23H,13,21H2. The van der Waals surface area contributed by atoms with Crippen LogP contribution < -0.4 is 10.2 Å². The van der Waals surface area contributed by atoms with Crippen molar-refractivity contribution in [2.45, 2.75) is 6.61 Å². The third kappa shape index (κ3) is 3.33. The molecule has 3 nitrogen and oxygen atoms in total. The van der Waals surface area contributed by atoms with E-state index in [4.69, 9.17) is 4.74 Å². The fourth-order valence-corrected chi connectivity index (χ4v) is 2.53. The number of aromatic hydroxyl groups is 1. The van der Waals surface area contributed by atoms with Crippen molar-refractivity contribution in [2.24, 2.45) is 0 Å². The zero-order valence-electron chi connectivity index (χ0n) is 13.4. The summed E-state index contributed by atoms with van der Waals surface area (Å²) in [6.07, 6.45) is 0.647. The molecule has 3 aromatic carbocycles. The molecule has 0 spiro atoms. The molecule has 24 heavy (non-hydrogen) atoms. The summed E-state index contributed by atoms with van der Waals surface area (Å²) in [4.78, 5) is 11.0. The molecule has 0 aliphatic carbocycles. The lowest BCUT2D eigenvalue weighted by molar-refractivity contribution is 0.112. The first kappa shape index (κ1) is 15.9. The summed E-state index contributed by atoms with van der Waals surface area (Å²) in [5, 5.41) is 10.3. The zero-order valence-corrected chi connectivity index (χ0v) is 13.4. The van der Waals surface area contributed by atoms with Crippen molar-refractivity contribution in [1.82, 2.24) is 0 Å². The maximum atomic E-state index is 11.0. The predicted octanol–water partition coefficient (Wildman–Crippen LogP) is 2.71. The van der Waals surface area contributed by atoms with E-state index in [1.807, 2.05) is 56.4 Å². The number of phenolic OH excluding ortho intramolecular Hbond substituents is 1. The maximum absolute atomic E-state index is 11.0. The molecule has 0 heterocycles. The first-order valence-corrected chi connectivity index (χ1v) is 7.74. The van der Waals surface area contributed by atoms with Gasteiger partial charge < -0.3 is 9.84 Å². The van der Waals surface area contributed by atoms with Crippen molar-refractivity contribution in [3.05, 3.63) is 77.9 Å². The number of para-hydroxylation sites is 2. The van der Waals surface area contributed by atoms with Crippen LogP contribution in [0.1, 0.15) is 15.9 Å². The molecule has 0 bridgehead atoms. The Kier molecular flexibility index (Phi) is 4.66. The molecule has 3 aromatic rings. The molecule has 0 unspecified atom stereocenters. The van der Waals surface area contributed by atoms with Crippen LogP contribution in [-0.4, -0.2) is 19.2 Å². The van der Waals surface area contributed by atoms with Crippen molar-refractivity contribution in [2.75, 3.05) is 0 Å². The lowest BCUT2D eigenvalue weighted by Gasteiger charge is -2.13. The van der Waals surface area contributed by atoms with E-state index in [0.717, 1.165) is 11.1 Å². The monoisotopic (exact) mass is 316 g/mol. The second-order valence-corrected chi connectivity index (χ2v) is 5.63. The fraction of sp³-hybridized carbons (Fsp3) is 0.0500. The minimum Gasteiger partial charge on any atom is -0.507 e. The summed E-state index contributed by atoms with van der Waals surface area (Å²) in [5.74, 6) is 0.635. The van der Waals surface area contributed by atoms with Crippen LogP contribution in [0.15, 0.2) is 66.7 Å². The van der Waals surface area contributed by atoms with Gasteiger partial charge in [-0.1, -0.05) is 60.1 Å². The Morgan fingerprint density at radius 1 is 0.917 bits per heavy atom. The SMILES string of the molecule is Bc1ccc(COc2ccccc2-c2cccc(C=O)c2O)cc1. The van der Waals surface area contributed by atoms with Crippen molar-refractivity contribution < 1.29 is 14.6 Å². The fourth-order valence-electron chi connectivity index (χ4n) is 2.53. The van der Waals surface area contributed by atoms with Crippen LogP contribution in [0.4, 0.5) is 0 Å². The number of aldehydes is 1. The van der Waals surface area contributed by atoms with Gasteiger partial charge in [0.1, 0.15) is 26.0 Å². The molecule has 0 saturated carbocycles. The van der Waals surface area contributed by atoms with Crippen LogP contribution >= 0.6 is 0 Å². The first-order chi connectivity index (χ1) is 11.7. The van der Waals surface area contributed by atoms with E-state index >= 15 is 0 Å². The van der Waals surface area contributed by atoms with Crippen LogP contribution in [-0.2, 0) is 6.61 Å². The van der Waals surface area contributed by atoms with E-state index in [-0.39, 0.29) is 11.3 Å². The van der Waals surface area contributed by atoms with Gasteiger partial charge in [-0.2, -0.15) is 0 Å². The number of benzene rings is 3. The van der Waals surface area contributed by atoms with Crippen LogP contribution in [0.2, 0.25) is 0 Å². The Morgan fingerprint density at radius 3 is 2.38 bits per heavy atom. The minimum absolute atomic E-state index is 0.0288.